The highest BCUT2D eigenvalue weighted by atomic mass is 32.1. The SMILES string of the molecule is CCCOc1ccc(C(=O)N2CCN(Cc3cccs3)CC2)cc1OCC. The first kappa shape index (κ1) is 19.7. The molecule has 1 aliphatic heterocycles. The van der Waals surface area contributed by atoms with Crippen LogP contribution in [0, 0.1) is 0 Å². The summed E-state index contributed by atoms with van der Waals surface area (Å²) in [7, 11) is 0. The minimum atomic E-state index is 0.0637. The summed E-state index contributed by atoms with van der Waals surface area (Å²) in [6.45, 7) is 9.46. The third-order valence-electron chi connectivity index (χ3n) is 4.57. The fraction of sp³-hybridized carbons (Fsp3) is 0.476. The van der Waals surface area contributed by atoms with Gasteiger partial charge >= 0.3 is 0 Å². The number of nitrogens with zero attached hydrogens (tertiary/aromatic N) is 2. The average molecular weight is 389 g/mol. The molecular formula is C21H28N2O3S. The Kier molecular flexibility index (Phi) is 7.12. The molecule has 146 valence electrons. The van der Waals surface area contributed by atoms with Gasteiger partial charge < -0.3 is 14.4 Å². The minimum Gasteiger partial charge on any atom is -0.490 e. The lowest BCUT2D eigenvalue weighted by Gasteiger charge is -2.34. The zero-order chi connectivity index (χ0) is 19.1. The summed E-state index contributed by atoms with van der Waals surface area (Å²) in [4.78, 5) is 18.6. The van der Waals surface area contributed by atoms with E-state index < -0.39 is 0 Å². The van der Waals surface area contributed by atoms with E-state index in [1.165, 1.54) is 4.88 Å². The summed E-state index contributed by atoms with van der Waals surface area (Å²) in [5.41, 5.74) is 0.661. The molecule has 27 heavy (non-hydrogen) atoms. The van der Waals surface area contributed by atoms with Crippen LogP contribution in [0.1, 0.15) is 35.5 Å². The van der Waals surface area contributed by atoms with Gasteiger partial charge in [0.05, 0.1) is 13.2 Å². The lowest BCUT2D eigenvalue weighted by atomic mass is 10.1. The maximum atomic E-state index is 12.9. The smallest absolute Gasteiger partial charge is 0.254 e. The summed E-state index contributed by atoms with van der Waals surface area (Å²) in [6.07, 6.45) is 0.933. The van der Waals surface area contributed by atoms with Crippen LogP contribution in [0.5, 0.6) is 11.5 Å². The third-order valence-corrected chi connectivity index (χ3v) is 5.43. The first-order valence-electron chi connectivity index (χ1n) is 9.65. The number of benzene rings is 1. The molecule has 0 bridgehead atoms. The van der Waals surface area contributed by atoms with E-state index in [1.54, 1.807) is 11.3 Å². The van der Waals surface area contributed by atoms with Crippen molar-refractivity contribution in [3.05, 3.63) is 46.2 Å². The average Bonchev–Trinajstić information content (AvgIpc) is 3.20. The molecule has 1 amide bonds. The van der Waals surface area contributed by atoms with Crippen LogP contribution in [0.15, 0.2) is 35.7 Å². The lowest BCUT2D eigenvalue weighted by Crippen LogP contribution is -2.48. The molecule has 3 rings (SSSR count). The van der Waals surface area contributed by atoms with Crippen LogP contribution >= 0.6 is 11.3 Å². The Balaban J connectivity index is 1.61. The Labute approximate surface area is 165 Å². The van der Waals surface area contributed by atoms with Crippen molar-refractivity contribution in [2.24, 2.45) is 0 Å². The largest absolute Gasteiger partial charge is 0.490 e. The standard InChI is InChI=1S/C21H28N2O3S/c1-3-13-26-19-8-7-17(15-20(19)25-4-2)21(24)23-11-9-22(10-12-23)16-18-6-5-14-27-18/h5-8,14-15H,3-4,9-13,16H2,1-2H3. The van der Waals surface area contributed by atoms with Crippen molar-refractivity contribution < 1.29 is 14.3 Å². The van der Waals surface area contributed by atoms with Crippen LogP contribution < -0.4 is 9.47 Å². The van der Waals surface area contributed by atoms with Gasteiger partial charge in [0, 0.05) is 43.2 Å². The Morgan fingerprint density at radius 1 is 1.07 bits per heavy atom. The van der Waals surface area contributed by atoms with Crippen LogP contribution in [0.4, 0.5) is 0 Å². The van der Waals surface area contributed by atoms with E-state index in [0.29, 0.717) is 30.3 Å². The summed E-state index contributed by atoms with van der Waals surface area (Å²) >= 11 is 1.79. The number of rotatable bonds is 8. The molecule has 0 N–H and O–H groups in total. The molecule has 0 radical (unpaired) electrons. The van der Waals surface area contributed by atoms with E-state index in [0.717, 1.165) is 39.1 Å². The Morgan fingerprint density at radius 3 is 2.56 bits per heavy atom. The number of ether oxygens (including phenoxy) is 2. The highest BCUT2D eigenvalue weighted by molar-refractivity contribution is 7.09. The molecule has 0 saturated carbocycles. The van der Waals surface area contributed by atoms with Gasteiger partial charge in [-0.05, 0) is 43.0 Å². The maximum Gasteiger partial charge on any atom is 0.254 e. The van der Waals surface area contributed by atoms with Crippen molar-refractivity contribution in [3.63, 3.8) is 0 Å². The van der Waals surface area contributed by atoms with E-state index >= 15 is 0 Å². The molecule has 2 heterocycles. The molecule has 0 spiro atoms. The Morgan fingerprint density at radius 2 is 1.89 bits per heavy atom. The number of carbonyl (C=O) groups excluding carboxylic acids is 1. The van der Waals surface area contributed by atoms with Gasteiger partial charge in [-0.1, -0.05) is 13.0 Å². The predicted octanol–water partition coefficient (Wildman–Crippen LogP) is 3.89. The number of hydrogen-bond donors (Lipinski definition) is 0. The topological polar surface area (TPSA) is 42.0 Å². The highest BCUT2D eigenvalue weighted by Gasteiger charge is 2.23. The monoisotopic (exact) mass is 388 g/mol. The van der Waals surface area contributed by atoms with Gasteiger partial charge in [-0.15, -0.1) is 11.3 Å². The van der Waals surface area contributed by atoms with E-state index in [1.807, 2.05) is 30.0 Å². The zero-order valence-electron chi connectivity index (χ0n) is 16.1. The normalized spacial score (nSPS) is 15.0. The third kappa shape index (κ3) is 5.23. The second-order valence-corrected chi connectivity index (χ2v) is 7.62. The summed E-state index contributed by atoms with van der Waals surface area (Å²) in [5, 5.41) is 2.11. The molecule has 5 nitrogen and oxygen atoms in total. The molecule has 0 atom stereocenters. The number of hydrogen-bond acceptors (Lipinski definition) is 5. The number of thiophene rings is 1. The zero-order valence-corrected chi connectivity index (χ0v) is 17.0. The highest BCUT2D eigenvalue weighted by Crippen LogP contribution is 2.29. The molecule has 0 aliphatic carbocycles. The van der Waals surface area contributed by atoms with Gasteiger partial charge in [0.25, 0.3) is 5.91 Å². The quantitative estimate of drug-likeness (QED) is 0.688. The first-order valence-corrected chi connectivity index (χ1v) is 10.5. The van der Waals surface area contributed by atoms with Crippen molar-refractivity contribution in [3.8, 4) is 11.5 Å². The summed E-state index contributed by atoms with van der Waals surface area (Å²) in [6, 6.07) is 9.76. The number of carbonyl (C=O) groups is 1. The van der Waals surface area contributed by atoms with Crippen LogP contribution in [0.25, 0.3) is 0 Å². The Hall–Kier alpha value is -2.05. The minimum absolute atomic E-state index is 0.0637. The van der Waals surface area contributed by atoms with Crippen LogP contribution in [0.2, 0.25) is 0 Å². The van der Waals surface area contributed by atoms with Crippen molar-refractivity contribution in [2.75, 3.05) is 39.4 Å². The molecule has 2 aromatic rings. The second-order valence-electron chi connectivity index (χ2n) is 6.59. The van der Waals surface area contributed by atoms with Gasteiger partial charge in [-0.2, -0.15) is 0 Å². The molecule has 1 aromatic carbocycles. The van der Waals surface area contributed by atoms with E-state index in [2.05, 4.69) is 29.3 Å². The fourth-order valence-corrected chi connectivity index (χ4v) is 3.90. The number of amides is 1. The maximum absolute atomic E-state index is 12.9. The molecule has 1 aliphatic rings. The van der Waals surface area contributed by atoms with Gasteiger partial charge in [0.1, 0.15) is 0 Å². The van der Waals surface area contributed by atoms with Crippen molar-refractivity contribution in [1.82, 2.24) is 9.80 Å². The Bertz CT molecular complexity index is 725. The molecule has 1 fully saturated rings. The fourth-order valence-electron chi connectivity index (χ4n) is 3.16. The van der Waals surface area contributed by atoms with Gasteiger partial charge in [0.15, 0.2) is 11.5 Å². The summed E-state index contributed by atoms with van der Waals surface area (Å²) in [5.74, 6) is 1.41. The van der Waals surface area contributed by atoms with Crippen molar-refractivity contribution in [2.45, 2.75) is 26.8 Å². The molecule has 6 heteroatoms. The number of piperazine rings is 1. The van der Waals surface area contributed by atoms with Gasteiger partial charge in [0.2, 0.25) is 0 Å². The predicted molar refractivity (Wildman–Crippen MR) is 109 cm³/mol. The molecule has 1 saturated heterocycles. The van der Waals surface area contributed by atoms with E-state index in [4.69, 9.17) is 9.47 Å². The second kappa shape index (κ2) is 9.76. The molecule has 1 aromatic heterocycles. The van der Waals surface area contributed by atoms with Crippen molar-refractivity contribution in [1.29, 1.82) is 0 Å². The van der Waals surface area contributed by atoms with Crippen LogP contribution in [-0.2, 0) is 6.54 Å². The lowest BCUT2D eigenvalue weighted by molar-refractivity contribution is 0.0629. The van der Waals surface area contributed by atoms with E-state index in [-0.39, 0.29) is 5.91 Å². The molecular weight excluding hydrogens is 360 g/mol. The first-order chi connectivity index (χ1) is 13.2. The van der Waals surface area contributed by atoms with Crippen LogP contribution in [-0.4, -0.2) is 55.1 Å². The van der Waals surface area contributed by atoms with Crippen LogP contribution in [0.3, 0.4) is 0 Å². The molecule has 0 unspecified atom stereocenters. The van der Waals surface area contributed by atoms with Gasteiger partial charge in [-0.3, -0.25) is 9.69 Å². The summed E-state index contributed by atoms with van der Waals surface area (Å²) < 4.78 is 11.4. The van der Waals surface area contributed by atoms with Crippen molar-refractivity contribution >= 4 is 17.2 Å². The van der Waals surface area contributed by atoms with E-state index in [9.17, 15) is 4.79 Å². The van der Waals surface area contributed by atoms with Gasteiger partial charge in [-0.25, -0.2) is 0 Å².